The van der Waals surface area contributed by atoms with Crippen molar-refractivity contribution in [3.8, 4) is 5.75 Å². The minimum absolute atomic E-state index is 0.0269. The van der Waals surface area contributed by atoms with Crippen LogP contribution in [-0.4, -0.2) is 31.0 Å². The number of nitrogens with zero attached hydrogens (tertiary/aromatic N) is 1. The van der Waals surface area contributed by atoms with Gasteiger partial charge in [0.1, 0.15) is 5.75 Å². The molecule has 0 radical (unpaired) electrons. The number of anilines is 1. The molecule has 0 fully saturated rings. The van der Waals surface area contributed by atoms with Gasteiger partial charge in [-0.15, -0.1) is 0 Å². The number of hydrogen-bond acceptors (Lipinski definition) is 4. The van der Waals surface area contributed by atoms with Crippen LogP contribution in [0.25, 0.3) is 0 Å². The van der Waals surface area contributed by atoms with Gasteiger partial charge in [0, 0.05) is 18.3 Å². The molecule has 1 atom stereocenters. The van der Waals surface area contributed by atoms with Gasteiger partial charge in [0.15, 0.2) is 0 Å². The Bertz CT molecular complexity index is 584. The van der Waals surface area contributed by atoms with Crippen LogP contribution in [0.3, 0.4) is 0 Å². The Morgan fingerprint density at radius 1 is 1.43 bits per heavy atom. The van der Waals surface area contributed by atoms with E-state index in [1.165, 1.54) is 5.56 Å². The number of likely N-dealkylation sites (N-methyl/N-ethyl adjacent to an activating group) is 1. The highest BCUT2D eigenvalue weighted by atomic mass is 32.1. The topological polar surface area (TPSA) is 41.6 Å². The molecule has 0 aliphatic carbocycles. The van der Waals surface area contributed by atoms with Gasteiger partial charge in [0.25, 0.3) is 0 Å². The summed E-state index contributed by atoms with van der Waals surface area (Å²) in [5.74, 6) is 0.702. The summed E-state index contributed by atoms with van der Waals surface area (Å²) in [4.78, 5) is 14.3. The summed E-state index contributed by atoms with van der Waals surface area (Å²) in [7, 11) is 3.56. The van der Waals surface area contributed by atoms with E-state index in [2.05, 4.69) is 16.8 Å². The number of nitrogens with one attached hydrogen (secondary N) is 1. The zero-order valence-electron chi connectivity index (χ0n) is 12.5. The molecule has 1 heterocycles. The largest absolute Gasteiger partial charge is 0.497 e. The van der Waals surface area contributed by atoms with Crippen LogP contribution in [0.1, 0.15) is 12.5 Å². The van der Waals surface area contributed by atoms with Gasteiger partial charge in [-0.1, -0.05) is 6.07 Å². The van der Waals surface area contributed by atoms with E-state index < -0.39 is 0 Å². The van der Waals surface area contributed by atoms with E-state index in [9.17, 15) is 4.79 Å². The van der Waals surface area contributed by atoms with Crippen molar-refractivity contribution < 1.29 is 9.53 Å². The molecular formula is C16H20N2O2S. The maximum atomic E-state index is 12.3. The number of benzene rings is 1. The van der Waals surface area contributed by atoms with Crippen LogP contribution in [-0.2, 0) is 11.3 Å². The molecule has 0 aliphatic heterocycles. The Hall–Kier alpha value is -1.85. The molecule has 1 N–H and O–H groups in total. The highest BCUT2D eigenvalue weighted by Gasteiger charge is 2.18. The highest BCUT2D eigenvalue weighted by Crippen LogP contribution is 2.17. The lowest BCUT2D eigenvalue weighted by Crippen LogP contribution is -2.39. The smallest absolute Gasteiger partial charge is 0.241 e. The van der Waals surface area contributed by atoms with E-state index in [0.717, 1.165) is 18.0 Å². The quantitative estimate of drug-likeness (QED) is 0.891. The third kappa shape index (κ3) is 4.31. The summed E-state index contributed by atoms with van der Waals surface area (Å²) >= 11 is 1.67. The van der Waals surface area contributed by atoms with Crippen LogP contribution in [0, 0.1) is 0 Å². The molecule has 1 amide bonds. The van der Waals surface area contributed by atoms with Crippen LogP contribution in [0.15, 0.2) is 41.1 Å². The van der Waals surface area contributed by atoms with Crippen molar-refractivity contribution >= 4 is 22.9 Å². The first kappa shape index (κ1) is 15.5. The molecule has 2 rings (SSSR count). The molecule has 0 saturated carbocycles. The number of hydrogen-bond donors (Lipinski definition) is 1. The van der Waals surface area contributed by atoms with Crippen molar-refractivity contribution in [3.05, 3.63) is 46.7 Å². The van der Waals surface area contributed by atoms with E-state index >= 15 is 0 Å². The third-order valence-corrected chi connectivity index (χ3v) is 4.12. The van der Waals surface area contributed by atoms with Gasteiger partial charge in [-0.2, -0.15) is 11.3 Å². The van der Waals surface area contributed by atoms with Crippen molar-refractivity contribution in [2.45, 2.75) is 19.5 Å². The number of ether oxygens (including phenoxy) is 1. The Labute approximate surface area is 129 Å². The minimum Gasteiger partial charge on any atom is -0.497 e. The number of carbonyl (C=O) groups excluding carboxylic acids is 1. The molecule has 5 heteroatoms. The van der Waals surface area contributed by atoms with Gasteiger partial charge < -0.3 is 10.1 Å². The first-order valence-electron chi connectivity index (χ1n) is 6.76. The fraction of sp³-hybridized carbons (Fsp3) is 0.312. The van der Waals surface area contributed by atoms with Gasteiger partial charge in [-0.3, -0.25) is 9.69 Å². The molecule has 2 aromatic rings. The lowest BCUT2D eigenvalue weighted by atomic mass is 10.2. The van der Waals surface area contributed by atoms with E-state index in [1.54, 1.807) is 18.4 Å². The van der Waals surface area contributed by atoms with Gasteiger partial charge >= 0.3 is 0 Å². The van der Waals surface area contributed by atoms with Crippen molar-refractivity contribution in [1.82, 2.24) is 4.90 Å². The van der Waals surface area contributed by atoms with E-state index in [4.69, 9.17) is 4.74 Å². The molecule has 0 spiro atoms. The number of thiophene rings is 1. The van der Waals surface area contributed by atoms with Crippen LogP contribution in [0.5, 0.6) is 5.75 Å². The second kappa shape index (κ2) is 7.24. The second-order valence-electron chi connectivity index (χ2n) is 4.94. The summed E-state index contributed by atoms with van der Waals surface area (Å²) in [6.45, 7) is 2.66. The summed E-state index contributed by atoms with van der Waals surface area (Å²) < 4.78 is 5.15. The Morgan fingerprint density at radius 3 is 2.90 bits per heavy atom. The van der Waals surface area contributed by atoms with Crippen LogP contribution >= 0.6 is 11.3 Å². The van der Waals surface area contributed by atoms with E-state index in [1.807, 2.05) is 48.5 Å². The monoisotopic (exact) mass is 304 g/mol. The first-order chi connectivity index (χ1) is 10.1. The zero-order chi connectivity index (χ0) is 15.2. The third-order valence-electron chi connectivity index (χ3n) is 3.39. The standard InChI is InChI=1S/C16H20N2O2S/c1-12(18(2)10-13-7-8-21-11-13)16(19)17-14-5-4-6-15(9-14)20-3/h4-9,11-12H,10H2,1-3H3,(H,17,19). The lowest BCUT2D eigenvalue weighted by Gasteiger charge is -2.23. The fourth-order valence-electron chi connectivity index (χ4n) is 1.96. The van der Waals surface area contributed by atoms with Gasteiger partial charge in [0.05, 0.1) is 13.2 Å². The van der Waals surface area contributed by atoms with Crippen molar-refractivity contribution in [1.29, 1.82) is 0 Å². The Kier molecular flexibility index (Phi) is 5.36. The molecule has 0 bridgehead atoms. The maximum Gasteiger partial charge on any atom is 0.241 e. The lowest BCUT2D eigenvalue weighted by molar-refractivity contribution is -0.120. The van der Waals surface area contributed by atoms with Gasteiger partial charge in [0.2, 0.25) is 5.91 Å². The average molecular weight is 304 g/mol. The molecule has 1 unspecified atom stereocenters. The highest BCUT2D eigenvalue weighted by molar-refractivity contribution is 7.07. The molecule has 1 aromatic heterocycles. The normalized spacial score (nSPS) is 12.2. The van der Waals surface area contributed by atoms with Gasteiger partial charge in [-0.25, -0.2) is 0 Å². The molecule has 0 aliphatic rings. The SMILES string of the molecule is COc1cccc(NC(=O)C(C)N(C)Cc2ccsc2)c1. The average Bonchev–Trinajstić information content (AvgIpc) is 2.99. The molecule has 0 saturated heterocycles. The maximum absolute atomic E-state index is 12.3. The zero-order valence-corrected chi connectivity index (χ0v) is 13.3. The fourth-order valence-corrected chi connectivity index (χ4v) is 2.62. The molecule has 21 heavy (non-hydrogen) atoms. The van der Waals surface area contributed by atoms with E-state index in [-0.39, 0.29) is 11.9 Å². The van der Waals surface area contributed by atoms with Crippen molar-refractivity contribution in [2.75, 3.05) is 19.5 Å². The predicted molar refractivity (Wildman–Crippen MR) is 86.9 cm³/mol. The van der Waals surface area contributed by atoms with Crippen LogP contribution in [0.2, 0.25) is 0 Å². The molecule has 4 nitrogen and oxygen atoms in total. The Balaban J connectivity index is 1.95. The number of carbonyl (C=O) groups is 1. The number of rotatable bonds is 6. The van der Waals surface area contributed by atoms with Crippen molar-refractivity contribution in [2.24, 2.45) is 0 Å². The Morgan fingerprint density at radius 2 is 2.24 bits per heavy atom. The molecule has 1 aromatic carbocycles. The van der Waals surface area contributed by atoms with Crippen LogP contribution in [0.4, 0.5) is 5.69 Å². The minimum atomic E-state index is -0.212. The number of amides is 1. The predicted octanol–water partition coefficient (Wildman–Crippen LogP) is 3.22. The number of methoxy groups -OCH3 is 1. The second-order valence-corrected chi connectivity index (χ2v) is 5.72. The molecule has 112 valence electrons. The summed E-state index contributed by atoms with van der Waals surface area (Å²) in [5.41, 5.74) is 1.97. The summed E-state index contributed by atoms with van der Waals surface area (Å²) in [6.07, 6.45) is 0. The van der Waals surface area contributed by atoms with Gasteiger partial charge in [-0.05, 0) is 48.5 Å². The first-order valence-corrected chi connectivity index (χ1v) is 7.70. The summed E-state index contributed by atoms with van der Waals surface area (Å²) in [6, 6.07) is 9.23. The molecular weight excluding hydrogens is 284 g/mol. The van der Waals surface area contributed by atoms with E-state index in [0.29, 0.717) is 0 Å². The van der Waals surface area contributed by atoms with Crippen molar-refractivity contribution in [3.63, 3.8) is 0 Å². The van der Waals surface area contributed by atoms with Crippen LogP contribution < -0.4 is 10.1 Å². The summed E-state index contributed by atoms with van der Waals surface area (Å²) in [5, 5.41) is 7.07.